The number of amides is 1. The molecule has 0 aliphatic carbocycles. The Kier molecular flexibility index (Phi) is 4.58. The van der Waals surface area contributed by atoms with Gasteiger partial charge in [-0.1, -0.05) is 16.8 Å². The Hall–Kier alpha value is -1.80. The summed E-state index contributed by atoms with van der Waals surface area (Å²) in [6.45, 7) is 7.10. The molecule has 9 heteroatoms. The molecule has 4 rings (SSSR count). The second-order valence-electron chi connectivity index (χ2n) is 7.73. The highest BCUT2D eigenvalue weighted by atomic mass is 79.9. The van der Waals surface area contributed by atoms with Gasteiger partial charge in [-0.2, -0.15) is 0 Å². The van der Waals surface area contributed by atoms with Crippen molar-refractivity contribution in [2.24, 2.45) is 0 Å². The maximum atomic E-state index is 12.4. The van der Waals surface area contributed by atoms with Crippen molar-refractivity contribution >= 4 is 33.6 Å². The zero-order chi connectivity index (χ0) is 19.3. The molecule has 7 nitrogen and oxygen atoms in total. The summed E-state index contributed by atoms with van der Waals surface area (Å²) in [4.78, 5) is 14.1. The van der Waals surface area contributed by atoms with Crippen molar-refractivity contribution in [3.05, 3.63) is 38.6 Å². The molecule has 1 amide bonds. The van der Waals surface area contributed by atoms with Crippen LogP contribution in [-0.2, 0) is 24.2 Å². The zero-order valence-electron chi connectivity index (χ0n) is 15.3. The predicted molar refractivity (Wildman–Crippen MR) is 103 cm³/mol. The van der Waals surface area contributed by atoms with Crippen LogP contribution in [0.2, 0.25) is 5.02 Å². The lowest BCUT2D eigenvalue weighted by atomic mass is 10.1. The standard InChI is InChI=1S/C18H20BrClN4O3/c1-18(2,3)27-17(25)23-4-5-24-13(9-23)15(21-22-24)14-7-10-6-11(20)8-12(19)16(10)26-14/h6,8,14H,4-5,7,9H2,1-3H3. The highest BCUT2D eigenvalue weighted by molar-refractivity contribution is 9.10. The third-order valence-corrected chi connectivity index (χ3v) is 5.30. The zero-order valence-corrected chi connectivity index (χ0v) is 17.7. The fourth-order valence-electron chi connectivity index (χ4n) is 3.33. The van der Waals surface area contributed by atoms with E-state index in [1.54, 1.807) is 4.90 Å². The van der Waals surface area contributed by atoms with Crippen molar-refractivity contribution in [3.63, 3.8) is 0 Å². The van der Waals surface area contributed by atoms with E-state index >= 15 is 0 Å². The molecule has 1 unspecified atom stereocenters. The molecule has 144 valence electrons. The molecular formula is C18H20BrClN4O3. The number of hydrogen-bond donors (Lipinski definition) is 0. The second kappa shape index (κ2) is 6.67. The topological polar surface area (TPSA) is 69.5 Å². The van der Waals surface area contributed by atoms with Crippen LogP contribution in [0.1, 0.15) is 43.8 Å². The van der Waals surface area contributed by atoms with E-state index in [0.29, 0.717) is 31.1 Å². The maximum absolute atomic E-state index is 12.4. The van der Waals surface area contributed by atoms with Gasteiger partial charge in [0.25, 0.3) is 0 Å². The monoisotopic (exact) mass is 454 g/mol. The van der Waals surface area contributed by atoms with Crippen molar-refractivity contribution in [1.29, 1.82) is 0 Å². The average Bonchev–Trinajstić information content (AvgIpc) is 3.16. The molecule has 0 radical (unpaired) electrons. The first kappa shape index (κ1) is 18.6. The molecule has 2 aromatic rings. The predicted octanol–water partition coefficient (Wildman–Crippen LogP) is 4.12. The van der Waals surface area contributed by atoms with Gasteiger partial charge in [0.1, 0.15) is 23.1 Å². The van der Waals surface area contributed by atoms with Crippen LogP contribution >= 0.6 is 27.5 Å². The summed E-state index contributed by atoms with van der Waals surface area (Å²) < 4.78 is 14.3. The number of benzene rings is 1. The lowest BCUT2D eigenvalue weighted by molar-refractivity contribution is 0.0192. The number of aromatic nitrogens is 3. The summed E-state index contributed by atoms with van der Waals surface area (Å²) in [5, 5.41) is 9.25. The van der Waals surface area contributed by atoms with Crippen molar-refractivity contribution < 1.29 is 14.3 Å². The fraction of sp³-hybridized carbons (Fsp3) is 0.500. The summed E-state index contributed by atoms with van der Waals surface area (Å²) >= 11 is 9.65. The molecule has 1 aromatic carbocycles. The summed E-state index contributed by atoms with van der Waals surface area (Å²) in [5.41, 5.74) is 2.13. The van der Waals surface area contributed by atoms with E-state index in [9.17, 15) is 4.79 Å². The molecule has 0 saturated heterocycles. The number of nitrogens with zero attached hydrogens (tertiary/aromatic N) is 4. The summed E-state index contributed by atoms with van der Waals surface area (Å²) in [7, 11) is 0. The van der Waals surface area contributed by atoms with Gasteiger partial charge in [-0.25, -0.2) is 9.48 Å². The number of carbonyl (C=O) groups is 1. The van der Waals surface area contributed by atoms with E-state index in [1.165, 1.54) is 0 Å². The summed E-state index contributed by atoms with van der Waals surface area (Å²) in [6, 6.07) is 3.72. The molecule has 0 N–H and O–H groups in total. The Morgan fingerprint density at radius 1 is 1.37 bits per heavy atom. The first-order valence-corrected chi connectivity index (χ1v) is 9.93. The van der Waals surface area contributed by atoms with Gasteiger partial charge in [0.05, 0.1) is 23.3 Å². The van der Waals surface area contributed by atoms with Crippen LogP contribution in [0.3, 0.4) is 0 Å². The van der Waals surface area contributed by atoms with Crippen LogP contribution in [0, 0.1) is 0 Å². The Bertz CT molecular complexity index is 909. The van der Waals surface area contributed by atoms with E-state index in [-0.39, 0.29) is 12.2 Å². The molecule has 3 heterocycles. The third-order valence-electron chi connectivity index (χ3n) is 4.50. The first-order chi connectivity index (χ1) is 12.7. The average molecular weight is 456 g/mol. The van der Waals surface area contributed by atoms with E-state index < -0.39 is 5.60 Å². The van der Waals surface area contributed by atoms with Gasteiger partial charge in [0.2, 0.25) is 0 Å². The van der Waals surface area contributed by atoms with Crippen LogP contribution in [-0.4, -0.2) is 38.1 Å². The number of ether oxygens (including phenoxy) is 2. The van der Waals surface area contributed by atoms with Crippen LogP contribution < -0.4 is 4.74 Å². The molecule has 0 spiro atoms. The van der Waals surface area contributed by atoms with Crippen LogP contribution in [0.5, 0.6) is 5.75 Å². The number of fused-ring (bicyclic) bond motifs is 2. The van der Waals surface area contributed by atoms with Gasteiger partial charge in [-0.05, 0) is 48.8 Å². The minimum absolute atomic E-state index is 0.253. The molecule has 1 atom stereocenters. The SMILES string of the molecule is CC(C)(C)OC(=O)N1CCn2nnc(C3Cc4cc(Cl)cc(Br)c4O3)c2C1. The molecule has 1 aromatic heterocycles. The van der Waals surface area contributed by atoms with Crippen LogP contribution in [0.4, 0.5) is 4.79 Å². The lowest BCUT2D eigenvalue weighted by Crippen LogP contribution is -2.42. The quantitative estimate of drug-likeness (QED) is 0.647. The molecule has 27 heavy (non-hydrogen) atoms. The highest BCUT2D eigenvalue weighted by Crippen LogP contribution is 2.43. The van der Waals surface area contributed by atoms with Crippen molar-refractivity contribution in [2.45, 2.75) is 52.0 Å². The minimum atomic E-state index is -0.530. The van der Waals surface area contributed by atoms with Crippen LogP contribution in [0.25, 0.3) is 0 Å². The largest absolute Gasteiger partial charge is 0.482 e. The van der Waals surface area contributed by atoms with Crippen molar-refractivity contribution in [2.75, 3.05) is 6.54 Å². The van der Waals surface area contributed by atoms with Gasteiger partial charge in [-0.3, -0.25) is 0 Å². The molecular weight excluding hydrogens is 436 g/mol. The van der Waals surface area contributed by atoms with E-state index in [2.05, 4.69) is 26.2 Å². The van der Waals surface area contributed by atoms with E-state index in [0.717, 1.165) is 27.2 Å². The normalized spacial score (nSPS) is 18.7. The van der Waals surface area contributed by atoms with Gasteiger partial charge < -0.3 is 14.4 Å². The third kappa shape index (κ3) is 3.65. The maximum Gasteiger partial charge on any atom is 0.410 e. The smallest absolute Gasteiger partial charge is 0.410 e. The molecule has 0 bridgehead atoms. The van der Waals surface area contributed by atoms with Gasteiger partial charge in [0.15, 0.2) is 0 Å². The van der Waals surface area contributed by atoms with Crippen LogP contribution in [0.15, 0.2) is 16.6 Å². The van der Waals surface area contributed by atoms with Crippen molar-refractivity contribution in [1.82, 2.24) is 19.9 Å². The number of carbonyl (C=O) groups excluding carboxylic acids is 1. The number of rotatable bonds is 1. The Morgan fingerprint density at radius 2 is 2.15 bits per heavy atom. The van der Waals surface area contributed by atoms with Gasteiger partial charge in [0, 0.05) is 23.6 Å². The Labute approximate surface area is 170 Å². The van der Waals surface area contributed by atoms with E-state index in [4.69, 9.17) is 21.1 Å². The molecule has 2 aliphatic rings. The molecule has 0 fully saturated rings. The Morgan fingerprint density at radius 3 is 2.89 bits per heavy atom. The molecule has 2 aliphatic heterocycles. The summed E-state index contributed by atoms with van der Waals surface area (Å²) in [6.07, 6.45) is 0.0789. The number of halogens is 2. The first-order valence-electron chi connectivity index (χ1n) is 8.76. The van der Waals surface area contributed by atoms with Gasteiger partial charge in [-0.15, -0.1) is 5.10 Å². The highest BCUT2D eigenvalue weighted by Gasteiger charge is 2.35. The second-order valence-corrected chi connectivity index (χ2v) is 9.02. The lowest BCUT2D eigenvalue weighted by Gasteiger charge is -2.30. The minimum Gasteiger partial charge on any atom is -0.482 e. The van der Waals surface area contributed by atoms with Crippen molar-refractivity contribution in [3.8, 4) is 5.75 Å². The fourth-order valence-corrected chi connectivity index (χ4v) is 4.30. The summed E-state index contributed by atoms with van der Waals surface area (Å²) in [5.74, 6) is 0.783. The Balaban J connectivity index is 1.56. The van der Waals surface area contributed by atoms with Gasteiger partial charge >= 0.3 is 6.09 Å². The van der Waals surface area contributed by atoms with E-state index in [1.807, 2.05) is 37.6 Å². The molecule has 0 saturated carbocycles. The number of hydrogen-bond acceptors (Lipinski definition) is 5.